The van der Waals surface area contributed by atoms with Crippen molar-refractivity contribution in [2.45, 2.75) is 18.6 Å². The summed E-state index contributed by atoms with van der Waals surface area (Å²) in [6.45, 7) is 0.800. The summed E-state index contributed by atoms with van der Waals surface area (Å²) in [6.07, 6.45) is -1.15. The topological polar surface area (TPSA) is 78.9 Å². The lowest BCUT2D eigenvalue weighted by Gasteiger charge is -2.23. The van der Waals surface area contributed by atoms with Crippen LogP contribution in [0.25, 0.3) is 0 Å². The lowest BCUT2D eigenvalue weighted by atomic mass is 9.91. The van der Waals surface area contributed by atoms with Crippen LogP contribution in [0.5, 0.6) is 5.75 Å². The van der Waals surface area contributed by atoms with E-state index in [0.29, 0.717) is 5.75 Å². The summed E-state index contributed by atoms with van der Waals surface area (Å²) in [5, 5.41) is 12.5. The Kier molecular flexibility index (Phi) is 5.09. The van der Waals surface area contributed by atoms with Crippen LogP contribution in [0.4, 0.5) is 13.6 Å². The standard InChI is InChI=1S/C19H18F2N2O4/c1-19(15-9-12(20)7-8-16(15)21)17(25)23(18(26)22-19)10-13(24)11-27-14-5-3-2-4-6-14/h2-9,13,24H,10-11H2,1H3,(H,22,26)/t13-,19+/m1/s1. The maximum absolute atomic E-state index is 14.1. The Morgan fingerprint density at radius 1 is 1.19 bits per heavy atom. The summed E-state index contributed by atoms with van der Waals surface area (Å²) in [4.78, 5) is 25.7. The van der Waals surface area contributed by atoms with Crippen molar-refractivity contribution in [2.75, 3.05) is 13.2 Å². The second-order valence-corrected chi connectivity index (χ2v) is 6.37. The van der Waals surface area contributed by atoms with E-state index in [1.54, 1.807) is 24.3 Å². The number of urea groups is 1. The van der Waals surface area contributed by atoms with Crippen LogP contribution in [0.1, 0.15) is 12.5 Å². The van der Waals surface area contributed by atoms with Crippen LogP contribution in [-0.2, 0) is 10.3 Å². The van der Waals surface area contributed by atoms with Crippen LogP contribution in [-0.4, -0.2) is 41.2 Å². The van der Waals surface area contributed by atoms with Gasteiger partial charge < -0.3 is 15.2 Å². The third-order valence-corrected chi connectivity index (χ3v) is 4.32. The first kappa shape index (κ1) is 18.8. The molecule has 0 aromatic heterocycles. The van der Waals surface area contributed by atoms with Crippen LogP contribution in [0, 0.1) is 11.6 Å². The van der Waals surface area contributed by atoms with Gasteiger partial charge in [0.25, 0.3) is 5.91 Å². The normalized spacial score (nSPS) is 20.5. The zero-order valence-corrected chi connectivity index (χ0v) is 14.5. The van der Waals surface area contributed by atoms with E-state index < -0.39 is 35.2 Å². The van der Waals surface area contributed by atoms with E-state index >= 15 is 0 Å². The largest absolute Gasteiger partial charge is 0.491 e. The fourth-order valence-corrected chi connectivity index (χ4v) is 2.90. The number of aliphatic hydroxyl groups is 1. The van der Waals surface area contributed by atoms with Crippen molar-refractivity contribution in [3.8, 4) is 5.75 Å². The molecule has 2 atom stereocenters. The molecule has 27 heavy (non-hydrogen) atoms. The maximum Gasteiger partial charge on any atom is 0.325 e. The number of imide groups is 1. The van der Waals surface area contributed by atoms with E-state index in [2.05, 4.69) is 5.32 Å². The van der Waals surface area contributed by atoms with Crippen molar-refractivity contribution < 1.29 is 28.2 Å². The number of aliphatic hydroxyl groups excluding tert-OH is 1. The summed E-state index contributed by atoms with van der Waals surface area (Å²) >= 11 is 0. The third kappa shape index (κ3) is 3.75. The highest BCUT2D eigenvalue weighted by Crippen LogP contribution is 2.31. The SMILES string of the molecule is C[C@@]1(c2cc(F)ccc2F)NC(=O)N(C[C@@H](O)COc2ccccc2)C1=O. The molecule has 8 heteroatoms. The Morgan fingerprint density at radius 2 is 1.89 bits per heavy atom. The highest BCUT2D eigenvalue weighted by atomic mass is 19.1. The number of para-hydroxylation sites is 1. The summed E-state index contributed by atoms with van der Waals surface area (Å²) in [5.74, 6) is -1.80. The quantitative estimate of drug-likeness (QED) is 0.758. The third-order valence-electron chi connectivity index (χ3n) is 4.32. The minimum atomic E-state index is -1.76. The van der Waals surface area contributed by atoms with E-state index in [1.807, 2.05) is 6.07 Å². The minimum absolute atomic E-state index is 0.147. The molecule has 1 fully saturated rings. The van der Waals surface area contributed by atoms with Gasteiger partial charge in [-0.1, -0.05) is 18.2 Å². The van der Waals surface area contributed by atoms with Gasteiger partial charge in [-0.3, -0.25) is 9.69 Å². The summed E-state index contributed by atoms with van der Waals surface area (Å²) in [5.41, 5.74) is -2.04. The number of β-amino-alcohol motifs (C(OH)–C–C–N with tert-alkyl or cyclic N) is 1. The lowest BCUT2D eigenvalue weighted by molar-refractivity contribution is -0.132. The molecule has 1 heterocycles. The van der Waals surface area contributed by atoms with Gasteiger partial charge in [0.05, 0.1) is 6.54 Å². The van der Waals surface area contributed by atoms with Gasteiger partial charge in [-0.05, 0) is 37.3 Å². The predicted molar refractivity (Wildman–Crippen MR) is 91.9 cm³/mol. The number of nitrogens with one attached hydrogen (secondary N) is 1. The first-order chi connectivity index (χ1) is 12.8. The molecule has 1 saturated heterocycles. The molecule has 1 aliphatic heterocycles. The maximum atomic E-state index is 14.1. The second-order valence-electron chi connectivity index (χ2n) is 6.37. The zero-order chi connectivity index (χ0) is 19.6. The highest BCUT2D eigenvalue weighted by molar-refractivity contribution is 6.07. The number of hydrogen-bond acceptors (Lipinski definition) is 4. The Labute approximate surface area is 154 Å². The zero-order valence-electron chi connectivity index (χ0n) is 14.5. The van der Waals surface area contributed by atoms with Crippen LogP contribution in [0.15, 0.2) is 48.5 Å². The van der Waals surface area contributed by atoms with E-state index in [9.17, 15) is 23.5 Å². The minimum Gasteiger partial charge on any atom is -0.491 e. The van der Waals surface area contributed by atoms with Gasteiger partial charge in [0.2, 0.25) is 0 Å². The monoisotopic (exact) mass is 376 g/mol. The van der Waals surface area contributed by atoms with Crippen LogP contribution >= 0.6 is 0 Å². The first-order valence-electron chi connectivity index (χ1n) is 8.27. The number of benzene rings is 2. The molecule has 6 nitrogen and oxygen atoms in total. The Bertz CT molecular complexity index is 862. The predicted octanol–water partition coefficient (Wildman–Crippen LogP) is 2.17. The smallest absolute Gasteiger partial charge is 0.325 e. The number of amides is 3. The molecule has 0 saturated carbocycles. The van der Waals surface area contributed by atoms with Crippen molar-refractivity contribution in [2.24, 2.45) is 0 Å². The molecule has 0 aliphatic carbocycles. The van der Waals surface area contributed by atoms with Gasteiger partial charge in [-0.2, -0.15) is 0 Å². The second kappa shape index (κ2) is 7.32. The number of rotatable bonds is 6. The van der Waals surface area contributed by atoms with Crippen molar-refractivity contribution in [1.82, 2.24) is 10.2 Å². The average Bonchev–Trinajstić information content (AvgIpc) is 2.87. The van der Waals surface area contributed by atoms with Crippen LogP contribution in [0.3, 0.4) is 0 Å². The van der Waals surface area contributed by atoms with Crippen molar-refractivity contribution in [3.63, 3.8) is 0 Å². The molecule has 142 valence electrons. The van der Waals surface area contributed by atoms with Gasteiger partial charge in [0.1, 0.15) is 35.6 Å². The average molecular weight is 376 g/mol. The van der Waals surface area contributed by atoms with Crippen molar-refractivity contribution in [1.29, 1.82) is 0 Å². The van der Waals surface area contributed by atoms with Gasteiger partial charge >= 0.3 is 6.03 Å². The van der Waals surface area contributed by atoms with Gasteiger partial charge in [-0.25, -0.2) is 13.6 Å². The molecule has 2 aromatic carbocycles. The van der Waals surface area contributed by atoms with Crippen LogP contribution < -0.4 is 10.1 Å². The molecule has 0 unspecified atom stereocenters. The highest BCUT2D eigenvalue weighted by Gasteiger charge is 2.50. The number of hydrogen-bond donors (Lipinski definition) is 2. The van der Waals surface area contributed by atoms with Gasteiger partial charge in [-0.15, -0.1) is 0 Å². The molecule has 3 amide bonds. The number of halogens is 2. The molecular weight excluding hydrogens is 358 g/mol. The lowest BCUT2D eigenvalue weighted by Crippen LogP contribution is -2.43. The number of carbonyl (C=O) groups is 2. The van der Waals surface area contributed by atoms with Crippen molar-refractivity contribution >= 4 is 11.9 Å². The van der Waals surface area contributed by atoms with Crippen LogP contribution in [0.2, 0.25) is 0 Å². The molecule has 1 aliphatic rings. The van der Waals surface area contributed by atoms with Crippen molar-refractivity contribution in [3.05, 3.63) is 65.7 Å². The number of carbonyl (C=O) groups excluding carboxylic acids is 2. The molecule has 0 radical (unpaired) electrons. The Morgan fingerprint density at radius 3 is 2.59 bits per heavy atom. The Balaban J connectivity index is 1.71. The Hall–Kier alpha value is -3.00. The molecule has 0 spiro atoms. The molecule has 0 bridgehead atoms. The van der Waals surface area contributed by atoms with Gasteiger partial charge in [0.15, 0.2) is 0 Å². The first-order valence-corrected chi connectivity index (χ1v) is 8.27. The molecule has 2 aromatic rings. The van der Waals surface area contributed by atoms with E-state index in [-0.39, 0.29) is 18.7 Å². The van der Waals surface area contributed by atoms with E-state index in [1.165, 1.54) is 6.92 Å². The summed E-state index contributed by atoms with van der Waals surface area (Å²) < 4.78 is 33.0. The molecule has 3 rings (SSSR count). The number of nitrogens with zero attached hydrogens (tertiary/aromatic N) is 1. The molecule has 2 N–H and O–H groups in total. The van der Waals surface area contributed by atoms with E-state index in [4.69, 9.17) is 4.74 Å². The fourth-order valence-electron chi connectivity index (χ4n) is 2.90. The van der Waals surface area contributed by atoms with Gasteiger partial charge in [0, 0.05) is 5.56 Å². The fraction of sp³-hybridized carbons (Fsp3) is 0.263. The summed E-state index contributed by atoms with van der Waals surface area (Å²) in [7, 11) is 0. The van der Waals surface area contributed by atoms with E-state index in [0.717, 1.165) is 23.1 Å². The summed E-state index contributed by atoms with van der Waals surface area (Å²) in [6, 6.07) is 10.6. The molecular formula is C19H18F2N2O4. The number of ether oxygens (including phenoxy) is 1.